The van der Waals surface area contributed by atoms with Crippen molar-refractivity contribution in [3.8, 4) is 0 Å². The average Bonchev–Trinajstić information content (AvgIpc) is 2.14. The summed E-state index contributed by atoms with van der Waals surface area (Å²) in [4.78, 5) is 0. The first-order valence-electron chi connectivity index (χ1n) is 5.37. The largest absolute Gasteiger partial charge is 0.207 e. The van der Waals surface area contributed by atoms with Gasteiger partial charge in [-0.1, -0.05) is 6.92 Å². The van der Waals surface area contributed by atoms with E-state index in [1.165, 1.54) is 23.1 Å². The predicted octanol–water partition coefficient (Wildman–Crippen LogP) is 3.57. The molecule has 1 aliphatic carbocycles. The fourth-order valence-electron chi connectivity index (χ4n) is 2.39. The highest BCUT2D eigenvalue weighted by atomic mass is 19.1. The van der Waals surface area contributed by atoms with E-state index in [1.807, 2.05) is 13.8 Å². The zero-order valence-corrected chi connectivity index (χ0v) is 9.15. The third kappa shape index (κ3) is 1.45. The van der Waals surface area contributed by atoms with Crippen molar-refractivity contribution in [3.63, 3.8) is 0 Å². The van der Waals surface area contributed by atoms with Crippen LogP contribution in [0.15, 0.2) is 6.07 Å². The molecular formula is C13H17F. The van der Waals surface area contributed by atoms with Gasteiger partial charge in [-0.15, -0.1) is 0 Å². The van der Waals surface area contributed by atoms with Crippen LogP contribution in [-0.4, -0.2) is 0 Å². The van der Waals surface area contributed by atoms with Crippen molar-refractivity contribution in [2.75, 3.05) is 0 Å². The van der Waals surface area contributed by atoms with Gasteiger partial charge >= 0.3 is 0 Å². The number of fused-ring (bicyclic) bond motifs is 1. The van der Waals surface area contributed by atoms with Gasteiger partial charge in [0.1, 0.15) is 5.82 Å². The fourth-order valence-corrected chi connectivity index (χ4v) is 2.39. The fraction of sp³-hybridized carbons (Fsp3) is 0.538. The van der Waals surface area contributed by atoms with Gasteiger partial charge in [-0.25, -0.2) is 4.39 Å². The molecule has 0 radical (unpaired) electrons. The molecule has 0 saturated heterocycles. The highest BCUT2D eigenvalue weighted by Crippen LogP contribution is 2.30. The van der Waals surface area contributed by atoms with Gasteiger partial charge in [0, 0.05) is 0 Å². The van der Waals surface area contributed by atoms with Crippen LogP contribution in [0.25, 0.3) is 0 Å². The Kier molecular flexibility index (Phi) is 2.34. The standard InChI is InChI=1S/C13H17F/c1-8-4-5-12-9(2)10(3)13(14)7-11(12)6-8/h7-8H,4-6H2,1-3H3. The summed E-state index contributed by atoms with van der Waals surface area (Å²) in [5, 5.41) is 0. The van der Waals surface area contributed by atoms with Crippen LogP contribution < -0.4 is 0 Å². The van der Waals surface area contributed by atoms with Crippen LogP contribution in [-0.2, 0) is 12.8 Å². The predicted molar refractivity (Wildman–Crippen MR) is 57.1 cm³/mol. The molecule has 1 atom stereocenters. The van der Waals surface area contributed by atoms with Gasteiger partial charge < -0.3 is 0 Å². The molecule has 0 N–H and O–H groups in total. The van der Waals surface area contributed by atoms with Crippen LogP contribution in [0.3, 0.4) is 0 Å². The van der Waals surface area contributed by atoms with E-state index in [1.54, 1.807) is 6.07 Å². The number of rotatable bonds is 0. The molecule has 2 rings (SSSR count). The van der Waals surface area contributed by atoms with Crippen molar-refractivity contribution >= 4 is 0 Å². The highest BCUT2D eigenvalue weighted by Gasteiger charge is 2.19. The number of benzene rings is 1. The molecule has 76 valence electrons. The van der Waals surface area contributed by atoms with E-state index in [9.17, 15) is 4.39 Å². The van der Waals surface area contributed by atoms with Crippen molar-refractivity contribution < 1.29 is 4.39 Å². The number of hydrogen-bond donors (Lipinski definition) is 0. The SMILES string of the molecule is Cc1c(F)cc2c(c1C)CCC(C)C2. The second kappa shape index (κ2) is 3.38. The lowest BCUT2D eigenvalue weighted by Gasteiger charge is -2.24. The normalized spacial score (nSPS) is 20.7. The van der Waals surface area contributed by atoms with Crippen molar-refractivity contribution in [1.29, 1.82) is 0 Å². The number of hydrogen-bond acceptors (Lipinski definition) is 0. The lowest BCUT2D eigenvalue weighted by atomic mass is 9.81. The van der Waals surface area contributed by atoms with Gasteiger partial charge in [-0.3, -0.25) is 0 Å². The molecule has 1 aliphatic rings. The summed E-state index contributed by atoms with van der Waals surface area (Å²) in [6.45, 7) is 6.17. The molecular weight excluding hydrogens is 175 g/mol. The Balaban J connectivity index is 2.54. The van der Waals surface area contributed by atoms with Crippen molar-refractivity contribution in [2.45, 2.75) is 40.0 Å². The van der Waals surface area contributed by atoms with E-state index in [0.29, 0.717) is 5.92 Å². The van der Waals surface area contributed by atoms with Crippen molar-refractivity contribution in [1.82, 2.24) is 0 Å². The van der Waals surface area contributed by atoms with Gasteiger partial charge in [-0.2, -0.15) is 0 Å². The monoisotopic (exact) mass is 192 g/mol. The maximum absolute atomic E-state index is 13.5. The first-order valence-corrected chi connectivity index (χ1v) is 5.37. The highest BCUT2D eigenvalue weighted by molar-refractivity contribution is 5.42. The second-order valence-electron chi connectivity index (χ2n) is 4.59. The van der Waals surface area contributed by atoms with Crippen LogP contribution in [0.2, 0.25) is 0 Å². The van der Waals surface area contributed by atoms with E-state index in [0.717, 1.165) is 18.4 Å². The third-order valence-corrected chi connectivity index (χ3v) is 3.52. The smallest absolute Gasteiger partial charge is 0.126 e. The van der Waals surface area contributed by atoms with Gasteiger partial charge in [0.15, 0.2) is 0 Å². The molecule has 1 aromatic rings. The van der Waals surface area contributed by atoms with Gasteiger partial charge in [-0.05, 0) is 67.3 Å². The summed E-state index contributed by atoms with van der Waals surface area (Å²) in [6, 6.07) is 1.74. The topological polar surface area (TPSA) is 0 Å². The molecule has 0 bridgehead atoms. The van der Waals surface area contributed by atoms with Gasteiger partial charge in [0.2, 0.25) is 0 Å². The second-order valence-corrected chi connectivity index (χ2v) is 4.59. The van der Waals surface area contributed by atoms with Gasteiger partial charge in [0.25, 0.3) is 0 Å². The molecule has 0 spiro atoms. The summed E-state index contributed by atoms with van der Waals surface area (Å²) in [5.74, 6) is 0.680. The molecule has 14 heavy (non-hydrogen) atoms. The molecule has 1 unspecified atom stereocenters. The lowest BCUT2D eigenvalue weighted by molar-refractivity contribution is 0.494. The third-order valence-electron chi connectivity index (χ3n) is 3.52. The average molecular weight is 192 g/mol. The van der Waals surface area contributed by atoms with Crippen LogP contribution in [0, 0.1) is 25.6 Å². The Morgan fingerprint density at radius 1 is 1.29 bits per heavy atom. The molecule has 0 heterocycles. The van der Waals surface area contributed by atoms with E-state index >= 15 is 0 Å². The number of halogens is 1. The Morgan fingerprint density at radius 2 is 2.00 bits per heavy atom. The first-order chi connectivity index (χ1) is 6.59. The maximum atomic E-state index is 13.5. The van der Waals surface area contributed by atoms with E-state index in [2.05, 4.69) is 6.92 Å². The van der Waals surface area contributed by atoms with Crippen LogP contribution in [0.5, 0.6) is 0 Å². The summed E-state index contributed by atoms with van der Waals surface area (Å²) in [5.41, 5.74) is 4.65. The van der Waals surface area contributed by atoms with Crippen LogP contribution in [0.4, 0.5) is 4.39 Å². The minimum atomic E-state index is -0.0321. The molecule has 0 fully saturated rings. The van der Waals surface area contributed by atoms with E-state index in [4.69, 9.17) is 0 Å². The maximum Gasteiger partial charge on any atom is 0.126 e. The summed E-state index contributed by atoms with van der Waals surface area (Å²) < 4.78 is 13.5. The van der Waals surface area contributed by atoms with Crippen LogP contribution in [0.1, 0.15) is 35.6 Å². The van der Waals surface area contributed by atoms with E-state index in [-0.39, 0.29) is 5.82 Å². The molecule has 0 amide bonds. The molecule has 1 aromatic carbocycles. The Bertz CT molecular complexity index is 366. The Labute approximate surface area is 85.1 Å². The van der Waals surface area contributed by atoms with E-state index < -0.39 is 0 Å². The summed E-state index contributed by atoms with van der Waals surface area (Å²) in [6.07, 6.45) is 3.43. The van der Waals surface area contributed by atoms with Crippen molar-refractivity contribution in [2.24, 2.45) is 5.92 Å². The molecule has 0 aliphatic heterocycles. The minimum absolute atomic E-state index is 0.0321. The van der Waals surface area contributed by atoms with Gasteiger partial charge in [0.05, 0.1) is 0 Å². The lowest BCUT2D eigenvalue weighted by Crippen LogP contribution is -2.14. The summed E-state index contributed by atoms with van der Waals surface area (Å²) in [7, 11) is 0. The van der Waals surface area contributed by atoms with Crippen LogP contribution >= 0.6 is 0 Å². The summed E-state index contributed by atoms with van der Waals surface area (Å²) >= 11 is 0. The molecule has 0 nitrogen and oxygen atoms in total. The minimum Gasteiger partial charge on any atom is -0.207 e. The Hall–Kier alpha value is -0.850. The Morgan fingerprint density at radius 3 is 2.71 bits per heavy atom. The molecule has 0 saturated carbocycles. The molecule has 1 heteroatoms. The zero-order valence-electron chi connectivity index (χ0n) is 9.15. The zero-order chi connectivity index (χ0) is 10.3. The first kappa shape index (κ1) is 9.70. The quantitative estimate of drug-likeness (QED) is 0.589. The van der Waals surface area contributed by atoms with Crippen molar-refractivity contribution in [3.05, 3.63) is 34.1 Å². The molecule has 0 aromatic heterocycles.